The third-order valence-corrected chi connectivity index (χ3v) is 6.98. The van der Waals surface area contributed by atoms with Crippen molar-refractivity contribution in [3.05, 3.63) is 59.2 Å². The van der Waals surface area contributed by atoms with Gasteiger partial charge in [0, 0.05) is 19.2 Å². The van der Waals surface area contributed by atoms with Crippen LogP contribution in [0.4, 0.5) is 0 Å². The van der Waals surface area contributed by atoms with Crippen molar-refractivity contribution in [2.45, 2.75) is 49.6 Å². The molecule has 2 aliphatic heterocycles. The summed E-state index contributed by atoms with van der Waals surface area (Å²) in [6.45, 7) is 2.89. The maximum atomic E-state index is 12.2. The quantitative estimate of drug-likeness (QED) is 0.739. The lowest BCUT2D eigenvalue weighted by molar-refractivity contribution is 0.0920. The third kappa shape index (κ3) is 4.61. The maximum Gasteiger partial charge on any atom is 0.175 e. The Hall–Kier alpha value is -1.60. The number of nitrogens with zero attached hydrogens (tertiary/aromatic N) is 1. The van der Waals surface area contributed by atoms with Crippen LogP contribution in [-0.2, 0) is 22.7 Å². The van der Waals surface area contributed by atoms with Crippen LogP contribution in [0.2, 0.25) is 0 Å². The second kappa shape index (κ2) is 8.64. The number of halogens is 1. The Morgan fingerprint density at radius 1 is 1.21 bits per heavy atom. The summed E-state index contributed by atoms with van der Waals surface area (Å²) < 4.78 is 30.5. The second-order valence-electron chi connectivity index (χ2n) is 8.18. The topological polar surface area (TPSA) is 72.6 Å². The Balaban J connectivity index is 0.00000240. The first-order chi connectivity index (χ1) is 13.3. The summed E-state index contributed by atoms with van der Waals surface area (Å²) in [7, 11) is -3.27. The van der Waals surface area contributed by atoms with E-state index in [0.717, 1.165) is 49.1 Å². The Kier molecular flexibility index (Phi) is 6.58. The average molecular weight is 437 g/mol. The van der Waals surface area contributed by atoms with Crippen LogP contribution in [0.5, 0.6) is 5.75 Å². The van der Waals surface area contributed by atoms with Crippen molar-refractivity contribution in [1.82, 2.24) is 5.01 Å². The number of nitrogens with two attached hydrogens (primary N) is 1. The zero-order valence-electron chi connectivity index (χ0n) is 16.9. The molecule has 2 aromatic carbocycles. The molecule has 29 heavy (non-hydrogen) atoms. The van der Waals surface area contributed by atoms with Crippen LogP contribution in [0.1, 0.15) is 42.5 Å². The molecule has 1 saturated heterocycles. The Morgan fingerprint density at radius 3 is 2.62 bits per heavy atom. The standard InChI is InChI=1S/C22H28N2O3S.ClH/c1-15-11-18-13-20(28(2,25)26)14-19(22(18)27-15)12-17-9-6-10-24(23)21(17)16-7-4-3-5-8-16;/h3-5,7-8,13-15,17,21H,6,9-12,23H2,1-2H3;1H/t15?,17-,21+;/m0./s1. The highest BCUT2D eigenvalue weighted by Gasteiger charge is 2.33. The molecule has 0 spiro atoms. The van der Waals surface area contributed by atoms with Gasteiger partial charge in [-0.3, -0.25) is 5.84 Å². The number of rotatable bonds is 4. The molecule has 5 nitrogen and oxygen atoms in total. The highest BCUT2D eigenvalue weighted by atomic mass is 35.5. The van der Waals surface area contributed by atoms with E-state index in [9.17, 15) is 8.42 Å². The fourth-order valence-corrected chi connectivity index (χ4v) is 5.37. The van der Waals surface area contributed by atoms with Gasteiger partial charge in [-0.15, -0.1) is 12.4 Å². The molecule has 4 rings (SSSR count). The van der Waals surface area contributed by atoms with E-state index in [-0.39, 0.29) is 24.6 Å². The van der Waals surface area contributed by atoms with Crippen LogP contribution in [0, 0.1) is 5.92 Å². The molecule has 7 heteroatoms. The molecule has 0 radical (unpaired) electrons. The van der Waals surface area contributed by atoms with Gasteiger partial charge in [0.15, 0.2) is 9.84 Å². The van der Waals surface area contributed by atoms with Gasteiger partial charge in [0.2, 0.25) is 0 Å². The van der Waals surface area contributed by atoms with Gasteiger partial charge in [-0.1, -0.05) is 30.3 Å². The smallest absolute Gasteiger partial charge is 0.175 e. The summed E-state index contributed by atoms with van der Waals surface area (Å²) >= 11 is 0. The molecule has 1 unspecified atom stereocenters. The largest absolute Gasteiger partial charge is 0.490 e. The van der Waals surface area contributed by atoms with Crippen LogP contribution in [0.25, 0.3) is 0 Å². The summed E-state index contributed by atoms with van der Waals surface area (Å²) in [5, 5.41) is 1.94. The van der Waals surface area contributed by atoms with E-state index in [1.54, 1.807) is 6.07 Å². The summed E-state index contributed by atoms with van der Waals surface area (Å²) in [6.07, 6.45) is 4.95. The average Bonchev–Trinajstić information content (AvgIpc) is 3.02. The zero-order valence-corrected chi connectivity index (χ0v) is 18.5. The Bertz CT molecular complexity index is 966. The van der Waals surface area contributed by atoms with Gasteiger partial charge in [-0.25, -0.2) is 13.4 Å². The van der Waals surface area contributed by atoms with Crippen molar-refractivity contribution < 1.29 is 13.2 Å². The molecular formula is C22H29ClN2O3S. The van der Waals surface area contributed by atoms with Gasteiger partial charge in [0.05, 0.1) is 10.9 Å². The van der Waals surface area contributed by atoms with Crippen LogP contribution >= 0.6 is 12.4 Å². The number of benzene rings is 2. The van der Waals surface area contributed by atoms with Crippen LogP contribution in [0.3, 0.4) is 0 Å². The van der Waals surface area contributed by atoms with E-state index < -0.39 is 9.84 Å². The first-order valence-electron chi connectivity index (χ1n) is 9.91. The number of hydrogen-bond acceptors (Lipinski definition) is 5. The molecule has 3 atom stereocenters. The van der Waals surface area contributed by atoms with E-state index >= 15 is 0 Å². The molecule has 2 aromatic rings. The Labute approximate surface area is 179 Å². The number of hydrazine groups is 1. The predicted octanol–water partition coefficient (Wildman–Crippen LogP) is 3.70. The zero-order chi connectivity index (χ0) is 19.9. The fraction of sp³-hybridized carbons (Fsp3) is 0.455. The van der Waals surface area contributed by atoms with Crippen molar-refractivity contribution in [2.75, 3.05) is 12.8 Å². The monoisotopic (exact) mass is 436 g/mol. The molecule has 0 bridgehead atoms. The van der Waals surface area contributed by atoms with Gasteiger partial charge in [0.1, 0.15) is 11.9 Å². The summed E-state index contributed by atoms with van der Waals surface area (Å²) in [5.74, 6) is 7.58. The van der Waals surface area contributed by atoms with Gasteiger partial charge < -0.3 is 4.74 Å². The molecular weight excluding hydrogens is 408 g/mol. The summed E-state index contributed by atoms with van der Waals surface area (Å²) in [4.78, 5) is 0.385. The lowest BCUT2D eigenvalue weighted by Gasteiger charge is -2.39. The molecule has 2 heterocycles. The van der Waals surface area contributed by atoms with Gasteiger partial charge in [-0.05, 0) is 60.9 Å². The number of fused-ring (bicyclic) bond motifs is 1. The Morgan fingerprint density at radius 2 is 1.93 bits per heavy atom. The highest BCUT2D eigenvalue weighted by molar-refractivity contribution is 7.90. The molecule has 2 N–H and O–H groups in total. The van der Waals surface area contributed by atoms with Crippen LogP contribution in [0.15, 0.2) is 47.4 Å². The normalized spacial score (nSPS) is 24.4. The first kappa shape index (κ1) is 22.1. The van der Waals surface area contributed by atoms with Crippen LogP contribution in [-0.4, -0.2) is 32.3 Å². The number of piperidine rings is 1. The van der Waals surface area contributed by atoms with E-state index in [1.165, 1.54) is 11.8 Å². The van der Waals surface area contributed by atoms with E-state index in [4.69, 9.17) is 10.6 Å². The second-order valence-corrected chi connectivity index (χ2v) is 10.2. The van der Waals surface area contributed by atoms with Crippen LogP contribution < -0.4 is 10.6 Å². The highest BCUT2D eigenvalue weighted by Crippen LogP contribution is 2.41. The summed E-state index contributed by atoms with van der Waals surface area (Å²) in [6, 6.07) is 14.1. The number of sulfone groups is 1. The van der Waals surface area contributed by atoms with Crippen molar-refractivity contribution in [3.8, 4) is 5.75 Å². The van der Waals surface area contributed by atoms with E-state index in [1.807, 2.05) is 36.2 Å². The fourth-order valence-electron chi connectivity index (χ4n) is 4.66. The van der Waals surface area contributed by atoms with E-state index in [0.29, 0.717) is 10.8 Å². The third-order valence-electron chi connectivity index (χ3n) is 5.89. The lowest BCUT2D eigenvalue weighted by atomic mass is 9.81. The summed E-state index contributed by atoms with van der Waals surface area (Å²) in [5.41, 5.74) is 3.20. The minimum atomic E-state index is -3.27. The molecule has 0 aromatic heterocycles. The molecule has 2 aliphatic rings. The van der Waals surface area contributed by atoms with E-state index in [2.05, 4.69) is 12.1 Å². The van der Waals surface area contributed by atoms with Crippen molar-refractivity contribution in [3.63, 3.8) is 0 Å². The maximum absolute atomic E-state index is 12.2. The van der Waals surface area contributed by atoms with Crippen molar-refractivity contribution in [2.24, 2.45) is 11.8 Å². The molecule has 1 fully saturated rings. The number of hydrogen-bond donors (Lipinski definition) is 1. The predicted molar refractivity (Wildman–Crippen MR) is 117 cm³/mol. The molecule has 0 aliphatic carbocycles. The van der Waals surface area contributed by atoms with Gasteiger partial charge in [-0.2, -0.15) is 0 Å². The van der Waals surface area contributed by atoms with Crippen molar-refractivity contribution >= 4 is 22.2 Å². The molecule has 0 saturated carbocycles. The van der Waals surface area contributed by atoms with Gasteiger partial charge >= 0.3 is 0 Å². The minimum Gasteiger partial charge on any atom is -0.490 e. The number of ether oxygens (including phenoxy) is 1. The first-order valence-corrected chi connectivity index (χ1v) is 11.8. The molecule has 0 amide bonds. The molecule has 158 valence electrons. The SMILES string of the molecule is CC1Cc2cc(S(C)(=O)=O)cc(C[C@@H]3CCCN(N)[C@@H]3c3ccccc3)c2O1.Cl. The van der Waals surface area contributed by atoms with Crippen molar-refractivity contribution in [1.29, 1.82) is 0 Å². The van der Waals surface area contributed by atoms with Gasteiger partial charge in [0.25, 0.3) is 0 Å². The lowest BCUT2D eigenvalue weighted by Crippen LogP contribution is -2.44. The minimum absolute atomic E-state index is 0.